The molecule has 67 heavy (non-hydrogen) atoms. The molecule has 0 aliphatic heterocycles. The molecule has 0 bridgehead atoms. The summed E-state index contributed by atoms with van der Waals surface area (Å²) in [6.45, 7) is 0. The number of rotatable bonds is 7. The molecule has 5 heterocycles. The number of thiophene rings is 1. The quantitative estimate of drug-likeness (QED) is 0.118. The third-order valence-electron chi connectivity index (χ3n) is 13.8. The van der Waals surface area contributed by atoms with E-state index in [9.17, 15) is 0 Å². The van der Waals surface area contributed by atoms with E-state index in [2.05, 4.69) is 250 Å². The summed E-state index contributed by atoms with van der Waals surface area (Å²) in [6, 6.07) is 86.7. The van der Waals surface area contributed by atoms with Crippen molar-refractivity contribution < 1.29 is 0 Å². The molecule has 14 aromatic rings. The Morgan fingerprint density at radius 1 is 0.358 bits per heavy atom. The molecular formula is C60H39N5SSi. The van der Waals surface area contributed by atoms with E-state index in [-0.39, 0.29) is 0 Å². The van der Waals surface area contributed by atoms with Gasteiger partial charge in [0.25, 0.3) is 0 Å². The molecule has 0 radical (unpaired) electrons. The summed E-state index contributed by atoms with van der Waals surface area (Å²) >= 11 is 1.92. The smallest absolute Gasteiger partial charge is 0.221 e. The minimum absolute atomic E-state index is 0.797. The number of imidazole rings is 2. The maximum Gasteiger partial charge on any atom is 0.221 e. The molecule has 0 atom stereocenters. The molecule has 5 aromatic heterocycles. The summed E-state index contributed by atoms with van der Waals surface area (Å²) in [5.41, 5.74) is 8.54. The first kappa shape index (κ1) is 38.0. The fourth-order valence-corrected chi connectivity index (χ4v) is 17.6. The maximum atomic E-state index is 5.67. The molecule has 5 nitrogen and oxygen atoms in total. The Bertz CT molecular complexity index is 4150. The second-order valence-electron chi connectivity index (χ2n) is 17.3. The van der Waals surface area contributed by atoms with Crippen molar-refractivity contribution in [2.75, 3.05) is 0 Å². The van der Waals surface area contributed by atoms with Gasteiger partial charge in [-0.3, -0.25) is 13.5 Å². The average molecular weight is 890 g/mol. The van der Waals surface area contributed by atoms with E-state index < -0.39 is 8.07 Å². The molecule has 14 rings (SSSR count). The molecule has 9 aromatic carbocycles. The van der Waals surface area contributed by atoms with E-state index in [1.54, 1.807) is 0 Å². The van der Waals surface area contributed by atoms with Crippen molar-refractivity contribution in [3.8, 4) is 22.8 Å². The van der Waals surface area contributed by atoms with Crippen LogP contribution in [0.25, 0.3) is 92.6 Å². The van der Waals surface area contributed by atoms with Gasteiger partial charge in [0, 0.05) is 30.9 Å². The zero-order chi connectivity index (χ0) is 44.1. The lowest BCUT2D eigenvalue weighted by Crippen LogP contribution is -2.74. The predicted molar refractivity (Wildman–Crippen MR) is 284 cm³/mol. The Morgan fingerprint density at radius 3 is 1.61 bits per heavy atom. The Labute approximate surface area is 390 Å². The molecule has 7 heteroatoms. The van der Waals surface area contributed by atoms with Gasteiger partial charge in [0.05, 0.1) is 33.1 Å². The molecule has 0 fully saturated rings. The van der Waals surface area contributed by atoms with Gasteiger partial charge < -0.3 is 0 Å². The number of hydrogen-bond acceptors (Lipinski definition) is 3. The van der Waals surface area contributed by atoms with Crippen LogP contribution >= 0.6 is 11.3 Å². The number of para-hydroxylation sites is 6. The first-order chi connectivity index (χ1) is 33.2. The van der Waals surface area contributed by atoms with Crippen molar-refractivity contribution in [1.29, 1.82) is 0 Å². The number of nitrogens with zero attached hydrogens (tertiary/aromatic N) is 5. The average Bonchev–Trinajstić information content (AvgIpc) is 4.15. The summed E-state index contributed by atoms with van der Waals surface area (Å²) in [5.74, 6) is 2.46. The summed E-state index contributed by atoms with van der Waals surface area (Å²) in [7, 11) is -3.02. The minimum atomic E-state index is -3.02. The zero-order valence-corrected chi connectivity index (χ0v) is 38.0. The van der Waals surface area contributed by atoms with Crippen LogP contribution in [0.15, 0.2) is 237 Å². The fraction of sp³-hybridized carbons (Fsp3) is 0. The normalized spacial score (nSPS) is 12.2. The van der Waals surface area contributed by atoms with E-state index in [4.69, 9.17) is 9.97 Å². The molecule has 314 valence electrons. The van der Waals surface area contributed by atoms with Crippen molar-refractivity contribution in [3.63, 3.8) is 0 Å². The summed E-state index contributed by atoms with van der Waals surface area (Å²) in [6.07, 6.45) is 0. The molecule has 0 spiro atoms. The predicted octanol–water partition coefficient (Wildman–Crippen LogP) is 12.3. The molecule has 0 N–H and O–H groups in total. The van der Waals surface area contributed by atoms with Crippen LogP contribution in [0.4, 0.5) is 0 Å². The van der Waals surface area contributed by atoms with Gasteiger partial charge in [0.1, 0.15) is 11.6 Å². The fourth-order valence-electron chi connectivity index (χ4n) is 11.0. The highest BCUT2D eigenvalue weighted by molar-refractivity contribution is 7.30. The van der Waals surface area contributed by atoms with Gasteiger partial charge in [-0.2, -0.15) is 0 Å². The maximum absolute atomic E-state index is 5.67. The Morgan fingerprint density at radius 2 is 0.896 bits per heavy atom. The van der Waals surface area contributed by atoms with E-state index in [0.29, 0.717) is 0 Å². The number of fused-ring (bicyclic) bond motifs is 11. The molecule has 0 saturated heterocycles. The van der Waals surface area contributed by atoms with Crippen LogP contribution in [0.5, 0.6) is 0 Å². The van der Waals surface area contributed by atoms with E-state index >= 15 is 0 Å². The monoisotopic (exact) mass is 889 g/mol. The van der Waals surface area contributed by atoms with Gasteiger partial charge in [0.2, 0.25) is 5.78 Å². The molecule has 0 saturated carbocycles. The third-order valence-corrected chi connectivity index (χ3v) is 20.0. The lowest BCUT2D eigenvalue weighted by Gasteiger charge is -2.35. The van der Waals surface area contributed by atoms with Crippen LogP contribution in [0.2, 0.25) is 0 Å². The summed E-state index contributed by atoms with van der Waals surface area (Å²) < 4.78 is 9.51. The van der Waals surface area contributed by atoms with Crippen molar-refractivity contribution in [2.24, 2.45) is 0 Å². The zero-order valence-electron chi connectivity index (χ0n) is 36.2. The Balaban J connectivity index is 1.08. The third kappa shape index (κ3) is 5.59. The largest absolute Gasteiger partial charge is 0.294 e. The molecule has 0 aliphatic rings. The van der Waals surface area contributed by atoms with Crippen LogP contribution in [-0.2, 0) is 0 Å². The van der Waals surface area contributed by atoms with Gasteiger partial charge >= 0.3 is 0 Å². The second-order valence-corrected chi connectivity index (χ2v) is 22.2. The van der Waals surface area contributed by atoms with Crippen molar-refractivity contribution >= 4 is 110 Å². The molecule has 0 amide bonds. The van der Waals surface area contributed by atoms with Crippen LogP contribution in [0, 0.1) is 0 Å². The standard InChI is InChI=1S/C60H39N5SSi/c1-3-20-42(21-4-1)67(43-22-5-2-6-23-43,56-36-18-28-48-47-27-9-16-35-55(47)66-59(48)56)44-24-17-19-40(37-44)41-38-57(63-50-30-11-7-25-45(50)46-26-8-12-31-51(46)63)62-58(39-41)65-54-34-15-14-33-53(54)64-52-32-13-10-29-49(52)61-60(64)65/h1-39H. The highest BCUT2D eigenvalue weighted by atomic mass is 32.1. The Hall–Kier alpha value is -8.36. The second kappa shape index (κ2) is 14.8. The first-order valence-corrected chi connectivity index (χ1v) is 25.6. The number of hydrogen-bond donors (Lipinski definition) is 0. The highest BCUT2D eigenvalue weighted by Crippen LogP contribution is 2.37. The van der Waals surface area contributed by atoms with Gasteiger partial charge in [-0.05, 0) is 86.5 Å². The molecule has 0 unspecified atom stereocenters. The van der Waals surface area contributed by atoms with E-state index in [1.165, 1.54) is 51.7 Å². The van der Waals surface area contributed by atoms with Crippen LogP contribution in [0.3, 0.4) is 0 Å². The SMILES string of the molecule is c1ccc([Si](c2ccccc2)(c2cccc(-c3cc(-n4c5ccccc5c5ccccc54)nc(-n4c5ccccc5n5c6ccccc6nc45)c3)c2)c2cccc3c2sc2ccccc23)cc1. The van der Waals surface area contributed by atoms with Crippen LogP contribution in [-0.4, -0.2) is 31.6 Å². The van der Waals surface area contributed by atoms with E-state index in [0.717, 1.165) is 61.6 Å². The van der Waals surface area contributed by atoms with Crippen molar-refractivity contribution in [3.05, 3.63) is 237 Å². The molecule has 0 aliphatic carbocycles. The Kier molecular flexibility index (Phi) is 8.40. The van der Waals surface area contributed by atoms with Crippen molar-refractivity contribution in [2.45, 2.75) is 0 Å². The number of benzene rings is 9. The first-order valence-electron chi connectivity index (χ1n) is 22.7. The summed E-state index contributed by atoms with van der Waals surface area (Å²) in [5, 5.41) is 10.4. The summed E-state index contributed by atoms with van der Waals surface area (Å²) in [4.78, 5) is 11.0. The van der Waals surface area contributed by atoms with Gasteiger partial charge in [-0.15, -0.1) is 11.3 Å². The topological polar surface area (TPSA) is 40.0 Å². The number of aromatic nitrogens is 5. The minimum Gasteiger partial charge on any atom is -0.294 e. The van der Waals surface area contributed by atoms with Gasteiger partial charge in [-0.25, -0.2) is 9.97 Å². The van der Waals surface area contributed by atoms with Gasteiger partial charge in [0.15, 0.2) is 8.07 Å². The van der Waals surface area contributed by atoms with Crippen molar-refractivity contribution in [1.82, 2.24) is 23.5 Å². The molecular weight excluding hydrogens is 851 g/mol. The number of pyridine rings is 1. The van der Waals surface area contributed by atoms with Crippen LogP contribution in [0.1, 0.15) is 0 Å². The highest BCUT2D eigenvalue weighted by Gasteiger charge is 2.43. The lowest BCUT2D eigenvalue weighted by atomic mass is 10.1. The van der Waals surface area contributed by atoms with E-state index in [1.807, 2.05) is 11.3 Å². The van der Waals surface area contributed by atoms with Crippen LogP contribution < -0.4 is 20.7 Å². The van der Waals surface area contributed by atoms with Gasteiger partial charge in [-0.1, -0.05) is 182 Å². The lowest BCUT2D eigenvalue weighted by molar-refractivity contribution is 0.997.